The summed E-state index contributed by atoms with van der Waals surface area (Å²) in [6.07, 6.45) is 0.745. The number of aliphatic hydroxyl groups excluding tert-OH is 1. The van der Waals surface area contributed by atoms with Crippen LogP contribution in [0.3, 0.4) is 0 Å². The normalized spacial score (nSPS) is 10.7. The molecule has 0 spiro atoms. The molecule has 0 heterocycles. The van der Waals surface area contributed by atoms with Gasteiger partial charge in [0.05, 0.1) is 6.42 Å². The van der Waals surface area contributed by atoms with Crippen LogP contribution in [0.1, 0.15) is 18.9 Å². The lowest BCUT2D eigenvalue weighted by atomic mass is 10.1. The Kier molecular flexibility index (Phi) is 6.93. The van der Waals surface area contributed by atoms with Crippen LogP contribution in [0.15, 0.2) is 24.3 Å². The molecule has 20 heavy (non-hydrogen) atoms. The van der Waals surface area contributed by atoms with Crippen molar-refractivity contribution in [3.8, 4) is 5.75 Å². The maximum atomic E-state index is 12.0. The minimum atomic E-state index is -2.85. The molecule has 112 valence electrons. The summed E-state index contributed by atoms with van der Waals surface area (Å²) >= 11 is 0. The zero-order chi connectivity index (χ0) is 15.0. The average Bonchev–Trinajstić information content (AvgIpc) is 2.41. The van der Waals surface area contributed by atoms with Crippen LogP contribution >= 0.6 is 0 Å². The van der Waals surface area contributed by atoms with Crippen molar-refractivity contribution in [2.75, 3.05) is 19.7 Å². The molecule has 1 N–H and O–H groups in total. The molecule has 1 amide bonds. The summed E-state index contributed by atoms with van der Waals surface area (Å²) in [5.41, 5.74) is 0.735. The molecular weight excluding hydrogens is 268 g/mol. The number of carbonyl (C=O) groups is 1. The van der Waals surface area contributed by atoms with E-state index >= 15 is 0 Å². The summed E-state index contributed by atoms with van der Waals surface area (Å²) in [5.74, 6) is 0.0207. The van der Waals surface area contributed by atoms with E-state index in [-0.39, 0.29) is 24.7 Å². The van der Waals surface area contributed by atoms with E-state index < -0.39 is 6.61 Å². The maximum Gasteiger partial charge on any atom is 0.387 e. The van der Waals surface area contributed by atoms with Crippen LogP contribution in [0.4, 0.5) is 8.78 Å². The van der Waals surface area contributed by atoms with Gasteiger partial charge in [-0.05, 0) is 31.0 Å². The van der Waals surface area contributed by atoms with Crippen molar-refractivity contribution >= 4 is 5.91 Å². The van der Waals surface area contributed by atoms with Crippen molar-refractivity contribution in [1.82, 2.24) is 4.90 Å². The lowest BCUT2D eigenvalue weighted by Crippen LogP contribution is -2.33. The Morgan fingerprint density at radius 2 is 2.00 bits per heavy atom. The summed E-state index contributed by atoms with van der Waals surface area (Å²) in [6, 6.07) is 6.02. The number of alkyl halides is 2. The van der Waals surface area contributed by atoms with Gasteiger partial charge in [0, 0.05) is 19.7 Å². The minimum absolute atomic E-state index is 0.0451. The number of benzene rings is 1. The van der Waals surface area contributed by atoms with Crippen molar-refractivity contribution in [2.45, 2.75) is 26.4 Å². The van der Waals surface area contributed by atoms with Gasteiger partial charge in [0.2, 0.25) is 5.91 Å². The van der Waals surface area contributed by atoms with Crippen LogP contribution < -0.4 is 4.74 Å². The fourth-order valence-corrected chi connectivity index (χ4v) is 1.80. The first-order valence-corrected chi connectivity index (χ1v) is 6.49. The van der Waals surface area contributed by atoms with E-state index in [0.717, 1.165) is 5.56 Å². The third kappa shape index (κ3) is 5.52. The highest BCUT2D eigenvalue weighted by molar-refractivity contribution is 5.78. The highest BCUT2D eigenvalue weighted by atomic mass is 19.3. The lowest BCUT2D eigenvalue weighted by Gasteiger charge is -2.20. The number of halogens is 2. The molecule has 6 heteroatoms. The van der Waals surface area contributed by atoms with E-state index in [2.05, 4.69) is 4.74 Å². The predicted octanol–water partition coefficient (Wildman–Crippen LogP) is 2.06. The van der Waals surface area contributed by atoms with Crippen LogP contribution in [0.5, 0.6) is 5.75 Å². The van der Waals surface area contributed by atoms with Crippen LogP contribution in [-0.2, 0) is 11.2 Å². The predicted molar refractivity (Wildman–Crippen MR) is 70.7 cm³/mol. The molecule has 1 aromatic carbocycles. The number of rotatable bonds is 8. The summed E-state index contributed by atoms with van der Waals surface area (Å²) in [6.45, 7) is 0.152. The topological polar surface area (TPSA) is 49.8 Å². The Morgan fingerprint density at radius 1 is 1.35 bits per heavy atom. The average molecular weight is 287 g/mol. The van der Waals surface area contributed by atoms with Gasteiger partial charge in [-0.15, -0.1) is 0 Å². The van der Waals surface area contributed by atoms with Gasteiger partial charge in [0.1, 0.15) is 5.75 Å². The molecule has 0 aliphatic carbocycles. The molecule has 0 aromatic heterocycles. The van der Waals surface area contributed by atoms with Gasteiger partial charge in [-0.1, -0.05) is 12.1 Å². The maximum absolute atomic E-state index is 12.0. The van der Waals surface area contributed by atoms with E-state index in [1.807, 2.05) is 6.92 Å². The molecule has 0 unspecified atom stereocenters. The molecule has 0 atom stereocenters. The molecule has 4 nitrogen and oxygen atoms in total. The number of hydrogen-bond donors (Lipinski definition) is 1. The van der Waals surface area contributed by atoms with Crippen molar-refractivity contribution in [3.63, 3.8) is 0 Å². The van der Waals surface area contributed by atoms with Gasteiger partial charge in [-0.3, -0.25) is 4.79 Å². The smallest absolute Gasteiger partial charge is 0.387 e. The Morgan fingerprint density at radius 3 is 2.50 bits per heavy atom. The molecule has 0 saturated heterocycles. The Hall–Kier alpha value is -1.69. The third-order valence-corrected chi connectivity index (χ3v) is 2.82. The molecule has 0 aliphatic rings. The van der Waals surface area contributed by atoms with E-state index in [1.165, 1.54) is 12.1 Å². The van der Waals surface area contributed by atoms with Gasteiger partial charge in [-0.25, -0.2) is 0 Å². The quantitative estimate of drug-likeness (QED) is 0.796. The fourth-order valence-electron chi connectivity index (χ4n) is 1.80. The van der Waals surface area contributed by atoms with Crippen LogP contribution in [0.2, 0.25) is 0 Å². The number of amides is 1. The van der Waals surface area contributed by atoms with Crippen LogP contribution in [0.25, 0.3) is 0 Å². The van der Waals surface area contributed by atoms with E-state index in [0.29, 0.717) is 19.5 Å². The molecule has 0 radical (unpaired) electrons. The summed E-state index contributed by atoms with van der Waals surface area (Å²) < 4.78 is 28.2. The number of aliphatic hydroxyl groups is 1. The van der Waals surface area contributed by atoms with Crippen molar-refractivity contribution < 1.29 is 23.4 Å². The number of ether oxygens (including phenoxy) is 1. The Labute approximate surface area is 117 Å². The fraction of sp³-hybridized carbons (Fsp3) is 0.500. The molecule has 0 saturated carbocycles. The molecule has 0 bridgehead atoms. The van der Waals surface area contributed by atoms with Crippen molar-refractivity contribution in [2.24, 2.45) is 0 Å². The molecular formula is C14H19F2NO3. The summed E-state index contributed by atoms with van der Waals surface area (Å²) in [5, 5.41) is 8.77. The highest BCUT2D eigenvalue weighted by Crippen LogP contribution is 2.15. The van der Waals surface area contributed by atoms with Gasteiger partial charge in [-0.2, -0.15) is 8.78 Å². The number of likely N-dealkylation sites (N-methyl/N-ethyl adjacent to an activating group) is 1. The zero-order valence-electron chi connectivity index (χ0n) is 11.4. The second kappa shape index (κ2) is 8.47. The monoisotopic (exact) mass is 287 g/mol. The molecule has 1 rings (SSSR count). The standard InChI is InChI=1S/C14H19F2NO3/c1-2-17(8-3-9-18)13(19)10-11-4-6-12(7-5-11)20-14(15)16/h4-7,14,18H,2-3,8-10H2,1H3. The summed E-state index contributed by atoms with van der Waals surface area (Å²) in [7, 11) is 0. The number of carbonyl (C=O) groups excluding carboxylic acids is 1. The number of hydrogen-bond acceptors (Lipinski definition) is 3. The van der Waals surface area contributed by atoms with Crippen molar-refractivity contribution in [1.29, 1.82) is 0 Å². The van der Waals surface area contributed by atoms with E-state index in [9.17, 15) is 13.6 Å². The Balaban J connectivity index is 2.56. The Bertz CT molecular complexity index is 409. The second-order valence-electron chi connectivity index (χ2n) is 4.25. The van der Waals surface area contributed by atoms with Gasteiger partial charge >= 0.3 is 6.61 Å². The molecule has 1 aromatic rings. The van der Waals surface area contributed by atoms with Gasteiger partial charge in [0.25, 0.3) is 0 Å². The first-order valence-electron chi connectivity index (χ1n) is 6.49. The van der Waals surface area contributed by atoms with Crippen LogP contribution in [0, 0.1) is 0 Å². The summed E-state index contributed by atoms with van der Waals surface area (Å²) in [4.78, 5) is 13.7. The van der Waals surface area contributed by atoms with E-state index in [1.54, 1.807) is 17.0 Å². The van der Waals surface area contributed by atoms with Gasteiger partial charge < -0.3 is 14.7 Å². The highest BCUT2D eigenvalue weighted by Gasteiger charge is 2.12. The molecule has 0 fully saturated rings. The second-order valence-corrected chi connectivity index (χ2v) is 4.25. The SMILES string of the molecule is CCN(CCCO)C(=O)Cc1ccc(OC(F)F)cc1. The third-order valence-electron chi connectivity index (χ3n) is 2.82. The first kappa shape index (κ1) is 16.4. The first-order chi connectivity index (χ1) is 9.56. The molecule has 0 aliphatic heterocycles. The zero-order valence-corrected chi connectivity index (χ0v) is 11.4. The van der Waals surface area contributed by atoms with Crippen molar-refractivity contribution in [3.05, 3.63) is 29.8 Å². The van der Waals surface area contributed by atoms with Gasteiger partial charge in [0.15, 0.2) is 0 Å². The lowest BCUT2D eigenvalue weighted by molar-refractivity contribution is -0.130. The van der Waals surface area contributed by atoms with Crippen LogP contribution in [-0.4, -0.2) is 42.2 Å². The largest absolute Gasteiger partial charge is 0.435 e. The number of nitrogens with zero attached hydrogens (tertiary/aromatic N) is 1. The van der Waals surface area contributed by atoms with E-state index in [4.69, 9.17) is 5.11 Å². The minimum Gasteiger partial charge on any atom is -0.435 e.